The van der Waals surface area contributed by atoms with Crippen LogP contribution >= 0.6 is 35.0 Å². The van der Waals surface area contributed by atoms with Gasteiger partial charge in [0.15, 0.2) is 0 Å². The number of carbonyl (C=O) groups excluding carboxylic acids is 2. The summed E-state index contributed by atoms with van der Waals surface area (Å²) >= 11 is 13.6. The lowest BCUT2D eigenvalue weighted by molar-refractivity contribution is -0.132. The minimum Gasteiger partial charge on any atom is -0.497 e. The summed E-state index contributed by atoms with van der Waals surface area (Å²) in [5.74, 6) is 1.53. The van der Waals surface area contributed by atoms with Crippen LogP contribution in [0.15, 0.2) is 47.4 Å². The van der Waals surface area contributed by atoms with E-state index in [-0.39, 0.29) is 11.8 Å². The molecule has 0 spiro atoms. The van der Waals surface area contributed by atoms with Crippen LogP contribution in [0.25, 0.3) is 0 Å². The van der Waals surface area contributed by atoms with Crippen molar-refractivity contribution in [1.29, 1.82) is 0 Å². The maximum atomic E-state index is 12.6. The molecule has 0 bridgehead atoms. The zero-order valence-electron chi connectivity index (χ0n) is 16.1. The Morgan fingerprint density at radius 3 is 2.14 bits per heavy atom. The van der Waals surface area contributed by atoms with Gasteiger partial charge in [-0.15, -0.1) is 11.8 Å². The Morgan fingerprint density at radius 2 is 1.55 bits per heavy atom. The normalized spacial score (nSPS) is 14.0. The molecule has 8 heteroatoms. The number of piperazine rings is 1. The lowest BCUT2D eigenvalue weighted by Gasteiger charge is -2.35. The van der Waals surface area contributed by atoms with Crippen molar-refractivity contribution in [1.82, 2.24) is 9.80 Å². The van der Waals surface area contributed by atoms with Crippen molar-refractivity contribution < 1.29 is 14.3 Å². The number of hydrogen-bond acceptors (Lipinski definition) is 4. The highest BCUT2D eigenvalue weighted by molar-refractivity contribution is 7.99. The Kier molecular flexibility index (Phi) is 7.70. The van der Waals surface area contributed by atoms with Gasteiger partial charge in [-0.05, 0) is 42.5 Å². The quantitative estimate of drug-likeness (QED) is 0.606. The van der Waals surface area contributed by atoms with E-state index in [0.717, 1.165) is 10.6 Å². The molecule has 2 aromatic carbocycles. The van der Waals surface area contributed by atoms with Gasteiger partial charge in [-0.3, -0.25) is 9.59 Å². The number of amides is 2. The molecule has 29 heavy (non-hydrogen) atoms. The zero-order valence-corrected chi connectivity index (χ0v) is 18.4. The molecule has 2 amide bonds. The molecule has 0 saturated carbocycles. The predicted octanol–water partition coefficient (Wildman–Crippen LogP) is 4.47. The summed E-state index contributed by atoms with van der Waals surface area (Å²) < 4.78 is 5.15. The van der Waals surface area contributed by atoms with Crippen LogP contribution in [-0.4, -0.2) is 60.7 Å². The highest BCUT2D eigenvalue weighted by Gasteiger charge is 2.25. The molecule has 1 aliphatic rings. The Hall–Kier alpha value is -1.89. The first-order chi connectivity index (χ1) is 14.0. The van der Waals surface area contributed by atoms with E-state index in [9.17, 15) is 9.59 Å². The third-order valence-corrected chi connectivity index (χ3v) is 6.12. The van der Waals surface area contributed by atoms with E-state index in [2.05, 4.69) is 0 Å². The molecule has 1 saturated heterocycles. The smallest absolute Gasteiger partial charge is 0.254 e. The van der Waals surface area contributed by atoms with Crippen LogP contribution < -0.4 is 4.74 Å². The number of methoxy groups -OCH3 is 1. The van der Waals surface area contributed by atoms with E-state index >= 15 is 0 Å². The maximum absolute atomic E-state index is 12.6. The summed E-state index contributed by atoms with van der Waals surface area (Å²) in [5.41, 5.74) is 0.471. The van der Waals surface area contributed by atoms with Gasteiger partial charge in [-0.2, -0.15) is 0 Å². The van der Waals surface area contributed by atoms with Crippen LogP contribution in [0.5, 0.6) is 5.75 Å². The van der Waals surface area contributed by atoms with E-state index in [4.69, 9.17) is 27.9 Å². The molecule has 0 unspecified atom stereocenters. The fourth-order valence-corrected chi connectivity index (χ4v) is 4.47. The van der Waals surface area contributed by atoms with Crippen molar-refractivity contribution in [2.45, 2.75) is 11.3 Å². The Labute approximate surface area is 184 Å². The average Bonchev–Trinajstić information content (AvgIpc) is 2.73. The van der Waals surface area contributed by atoms with Crippen molar-refractivity contribution in [2.75, 3.05) is 39.0 Å². The first-order valence-corrected chi connectivity index (χ1v) is 11.0. The minimum atomic E-state index is -0.114. The van der Waals surface area contributed by atoms with Crippen molar-refractivity contribution in [3.8, 4) is 5.75 Å². The fraction of sp³-hybridized carbons (Fsp3) is 0.333. The summed E-state index contributed by atoms with van der Waals surface area (Å²) in [6.45, 7) is 2.07. The Bertz CT molecular complexity index is 848. The lowest BCUT2D eigenvalue weighted by atomic mass is 10.1. The van der Waals surface area contributed by atoms with E-state index in [0.29, 0.717) is 54.0 Å². The topological polar surface area (TPSA) is 49.9 Å². The summed E-state index contributed by atoms with van der Waals surface area (Å²) in [7, 11) is 1.64. The number of carbonyl (C=O) groups is 2. The van der Waals surface area contributed by atoms with Gasteiger partial charge in [0.05, 0.1) is 7.11 Å². The molecule has 5 nitrogen and oxygen atoms in total. The zero-order chi connectivity index (χ0) is 20.8. The molecule has 3 rings (SSSR count). The van der Waals surface area contributed by atoms with Gasteiger partial charge in [0.2, 0.25) is 5.91 Å². The monoisotopic (exact) mass is 452 g/mol. The van der Waals surface area contributed by atoms with E-state index in [1.165, 1.54) is 0 Å². The van der Waals surface area contributed by atoms with E-state index < -0.39 is 0 Å². The van der Waals surface area contributed by atoms with Crippen molar-refractivity contribution in [3.63, 3.8) is 0 Å². The number of halogens is 2. The largest absolute Gasteiger partial charge is 0.497 e. The number of benzene rings is 2. The molecule has 1 aliphatic heterocycles. The Balaban J connectivity index is 1.44. The van der Waals surface area contributed by atoms with Gasteiger partial charge < -0.3 is 14.5 Å². The SMILES string of the molecule is COc1ccc(SCCC(=O)N2CCN(C(=O)c3cc(Cl)cc(Cl)c3)CC2)cc1. The van der Waals surface area contributed by atoms with Gasteiger partial charge in [0.25, 0.3) is 5.91 Å². The van der Waals surface area contributed by atoms with Crippen molar-refractivity contribution in [2.24, 2.45) is 0 Å². The third kappa shape index (κ3) is 6.04. The van der Waals surface area contributed by atoms with Gasteiger partial charge in [-0.1, -0.05) is 23.2 Å². The van der Waals surface area contributed by atoms with Crippen LogP contribution in [0.4, 0.5) is 0 Å². The van der Waals surface area contributed by atoms with Crippen LogP contribution in [-0.2, 0) is 4.79 Å². The predicted molar refractivity (Wildman–Crippen MR) is 117 cm³/mol. The second kappa shape index (κ2) is 10.2. The minimum absolute atomic E-state index is 0.114. The first kappa shape index (κ1) is 21.8. The van der Waals surface area contributed by atoms with Crippen molar-refractivity contribution >= 4 is 46.8 Å². The molecule has 154 valence electrons. The maximum Gasteiger partial charge on any atom is 0.254 e. The fourth-order valence-electron chi connectivity index (χ4n) is 3.11. The summed E-state index contributed by atoms with van der Waals surface area (Å²) in [5, 5.41) is 0.869. The van der Waals surface area contributed by atoms with Gasteiger partial charge in [0, 0.05) is 58.9 Å². The van der Waals surface area contributed by atoms with Crippen molar-refractivity contribution in [3.05, 3.63) is 58.1 Å². The molecular formula is C21H22Cl2N2O3S. The highest BCUT2D eigenvalue weighted by atomic mass is 35.5. The molecule has 0 aliphatic carbocycles. The molecule has 1 heterocycles. The summed E-state index contributed by atoms with van der Waals surface area (Å²) in [6.07, 6.45) is 0.467. The third-order valence-electron chi connectivity index (χ3n) is 4.67. The molecule has 0 N–H and O–H groups in total. The second-order valence-corrected chi connectivity index (χ2v) is 8.65. The Morgan fingerprint density at radius 1 is 0.966 bits per heavy atom. The number of rotatable bonds is 6. The van der Waals surface area contributed by atoms with Crippen LogP contribution in [0.1, 0.15) is 16.8 Å². The number of ether oxygens (including phenoxy) is 1. The standard InChI is InChI=1S/C21H22Cl2N2O3S/c1-28-18-2-4-19(5-3-18)29-11-6-20(26)24-7-9-25(10-8-24)21(27)15-12-16(22)14-17(23)13-15/h2-5,12-14H,6-11H2,1H3. The number of thioether (sulfide) groups is 1. The lowest BCUT2D eigenvalue weighted by Crippen LogP contribution is -2.50. The second-order valence-electron chi connectivity index (χ2n) is 6.61. The van der Waals surface area contributed by atoms with E-state index in [1.54, 1.807) is 42.0 Å². The molecule has 1 fully saturated rings. The van der Waals surface area contributed by atoms with Gasteiger partial charge >= 0.3 is 0 Å². The average molecular weight is 453 g/mol. The van der Waals surface area contributed by atoms with Crippen LogP contribution in [0.3, 0.4) is 0 Å². The summed E-state index contributed by atoms with van der Waals surface area (Å²) in [4.78, 5) is 29.8. The number of nitrogens with zero attached hydrogens (tertiary/aromatic N) is 2. The molecule has 0 aromatic heterocycles. The molecular weight excluding hydrogens is 431 g/mol. The molecule has 0 atom stereocenters. The van der Waals surface area contributed by atoms with Gasteiger partial charge in [0.1, 0.15) is 5.75 Å². The summed E-state index contributed by atoms with van der Waals surface area (Å²) in [6, 6.07) is 12.6. The first-order valence-electron chi connectivity index (χ1n) is 9.26. The molecule has 2 aromatic rings. The number of hydrogen-bond donors (Lipinski definition) is 0. The molecule has 0 radical (unpaired) electrons. The highest BCUT2D eigenvalue weighted by Crippen LogP contribution is 2.23. The van der Waals surface area contributed by atoms with Gasteiger partial charge in [-0.25, -0.2) is 0 Å². The van der Waals surface area contributed by atoms with Crippen LogP contribution in [0.2, 0.25) is 10.0 Å². The van der Waals surface area contributed by atoms with Crippen LogP contribution in [0, 0.1) is 0 Å². The van der Waals surface area contributed by atoms with E-state index in [1.807, 2.05) is 29.2 Å².